The Morgan fingerprint density at radius 2 is 2.28 bits per heavy atom. The van der Waals surface area contributed by atoms with E-state index in [1.807, 2.05) is 12.1 Å². The summed E-state index contributed by atoms with van der Waals surface area (Å²) in [5, 5.41) is 17.0. The Balaban J connectivity index is 1.35. The number of nitrogens with one attached hydrogen (secondary N) is 1. The molecule has 2 aromatic rings. The van der Waals surface area contributed by atoms with Crippen molar-refractivity contribution in [2.75, 3.05) is 13.2 Å². The predicted molar refractivity (Wildman–Crippen MR) is 88.5 cm³/mol. The van der Waals surface area contributed by atoms with Gasteiger partial charge in [-0.15, -0.1) is 0 Å². The molecular formula is C18H21N3O4. The summed E-state index contributed by atoms with van der Waals surface area (Å²) in [7, 11) is 0. The first kappa shape index (κ1) is 16.1. The minimum Gasteiger partial charge on any atom is -0.493 e. The minimum atomic E-state index is -0.481. The molecule has 1 saturated carbocycles. The summed E-state index contributed by atoms with van der Waals surface area (Å²) in [6.07, 6.45) is 1.66. The van der Waals surface area contributed by atoms with E-state index in [0.717, 1.165) is 24.2 Å². The van der Waals surface area contributed by atoms with E-state index < -0.39 is 6.10 Å². The van der Waals surface area contributed by atoms with Crippen molar-refractivity contribution in [2.24, 2.45) is 5.92 Å². The van der Waals surface area contributed by atoms with E-state index in [1.165, 1.54) is 0 Å². The molecule has 1 amide bonds. The van der Waals surface area contributed by atoms with Crippen LogP contribution in [0.1, 0.15) is 46.4 Å². The van der Waals surface area contributed by atoms with Gasteiger partial charge in [0, 0.05) is 30.4 Å². The number of hydrogen-bond donors (Lipinski definition) is 2. The molecule has 1 aromatic carbocycles. The first-order chi connectivity index (χ1) is 12.1. The lowest BCUT2D eigenvalue weighted by molar-refractivity contribution is 0.0916. The van der Waals surface area contributed by atoms with Crippen LogP contribution in [0.15, 0.2) is 22.7 Å². The van der Waals surface area contributed by atoms with Gasteiger partial charge in [-0.1, -0.05) is 5.16 Å². The molecule has 4 rings (SSSR count). The number of amides is 1. The summed E-state index contributed by atoms with van der Waals surface area (Å²) >= 11 is 0. The van der Waals surface area contributed by atoms with Crippen LogP contribution in [0.2, 0.25) is 0 Å². The summed E-state index contributed by atoms with van der Waals surface area (Å²) in [5.74, 6) is 1.94. The SMILES string of the molecule is Cc1noc([C@H]2C[C@H](CNC(=O)c3ccc4c(c3)CCO4)[C@H](O)C2)n1. The highest BCUT2D eigenvalue weighted by Crippen LogP contribution is 2.37. The molecule has 2 aliphatic rings. The number of aliphatic hydroxyl groups excluding tert-OH is 1. The molecule has 0 spiro atoms. The first-order valence-corrected chi connectivity index (χ1v) is 8.62. The molecule has 0 radical (unpaired) electrons. The van der Waals surface area contributed by atoms with E-state index in [4.69, 9.17) is 9.26 Å². The van der Waals surface area contributed by atoms with Gasteiger partial charge in [-0.2, -0.15) is 4.98 Å². The van der Waals surface area contributed by atoms with Gasteiger partial charge in [0.1, 0.15) is 5.75 Å². The molecule has 3 atom stereocenters. The number of ether oxygens (including phenoxy) is 1. The van der Waals surface area contributed by atoms with Gasteiger partial charge in [0.2, 0.25) is 5.89 Å². The van der Waals surface area contributed by atoms with Crippen molar-refractivity contribution in [3.63, 3.8) is 0 Å². The van der Waals surface area contributed by atoms with Crippen LogP contribution in [0.3, 0.4) is 0 Å². The largest absolute Gasteiger partial charge is 0.493 e. The maximum Gasteiger partial charge on any atom is 0.251 e. The van der Waals surface area contributed by atoms with Crippen molar-refractivity contribution < 1.29 is 19.2 Å². The summed E-state index contributed by atoms with van der Waals surface area (Å²) in [4.78, 5) is 16.6. The van der Waals surface area contributed by atoms with Gasteiger partial charge < -0.3 is 19.7 Å². The molecule has 2 heterocycles. The second kappa shape index (κ2) is 6.48. The van der Waals surface area contributed by atoms with Crippen molar-refractivity contribution in [1.29, 1.82) is 0 Å². The van der Waals surface area contributed by atoms with E-state index in [9.17, 15) is 9.90 Å². The van der Waals surface area contributed by atoms with Crippen LogP contribution < -0.4 is 10.1 Å². The van der Waals surface area contributed by atoms with Crippen LogP contribution >= 0.6 is 0 Å². The van der Waals surface area contributed by atoms with E-state index in [2.05, 4.69) is 15.5 Å². The molecule has 0 unspecified atom stereocenters. The fourth-order valence-electron chi connectivity index (χ4n) is 3.66. The quantitative estimate of drug-likeness (QED) is 0.875. The lowest BCUT2D eigenvalue weighted by atomic mass is 10.0. The van der Waals surface area contributed by atoms with Gasteiger partial charge in [-0.05, 0) is 43.5 Å². The zero-order chi connectivity index (χ0) is 17.4. The van der Waals surface area contributed by atoms with Gasteiger partial charge in [-0.25, -0.2) is 0 Å². The van der Waals surface area contributed by atoms with Crippen LogP contribution in [-0.2, 0) is 6.42 Å². The van der Waals surface area contributed by atoms with Crippen LogP contribution in [-0.4, -0.2) is 40.4 Å². The molecule has 1 aliphatic carbocycles. The molecule has 1 fully saturated rings. The van der Waals surface area contributed by atoms with Gasteiger partial charge in [0.25, 0.3) is 5.91 Å². The Hall–Kier alpha value is -2.41. The van der Waals surface area contributed by atoms with Crippen molar-refractivity contribution in [2.45, 2.75) is 38.2 Å². The molecule has 25 heavy (non-hydrogen) atoms. The Labute approximate surface area is 145 Å². The Morgan fingerprint density at radius 1 is 1.40 bits per heavy atom. The number of aliphatic hydroxyl groups is 1. The van der Waals surface area contributed by atoms with E-state index in [1.54, 1.807) is 13.0 Å². The lowest BCUT2D eigenvalue weighted by Crippen LogP contribution is -2.32. The maximum absolute atomic E-state index is 12.4. The lowest BCUT2D eigenvalue weighted by Gasteiger charge is -2.15. The van der Waals surface area contributed by atoms with Crippen molar-refractivity contribution in [3.05, 3.63) is 41.0 Å². The number of carbonyl (C=O) groups is 1. The summed E-state index contributed by atoms with van der Waals surface area (Å²) in [6, 6.07) is 5.50. The van der Waals surface area contributed by atoms with Crippen LogP contribution in [0.5, 0.6) is 5.75 Å². The van der Waals surface area contributed by atoms with Gasteiger partial charge in [0.15, 0.2) is 5.82 Å². The standard InChI is InChI=1S/C18H21N3O4/c1-10-20-18(25-21-10)13-7-14(15(22)8-13)9-19-17(23)12-2-3-16-11(6-12)4-5-24-16/h2-3,6,13-15,22H,4-5,7-9H2,1H3,(H,19,23)/t13-,14+,15+/m0/s1. The van der Waals surface area contributed by atoms with E-state index in [0.29, 0.717) is 36.9 Å². The third-order valence-electron chi connectivity index (χ3n) is 5.03. The normalized spacial score (nSPS) is 24.8. The summed E-state index contributed by atoms with van der Waals surface area (Å²) in [5.41, 5.74) is 1.70. The summed E-state index contributed by atoms with van der Waals surface area (Å²) in [6.45, 7) is 2.88. The third kappa shape index (κ3) is 3.24. The number of fused-ring (bicyclic) bond motifs is 1. The number of nitrogens with zero attached hydrogens (tertiary/aromatic N) is 2. The van der Waals surface area contributed by atoms with Crippen LogP contribution in [0.25, 0.3) is 0 Å². The van der Waals surface area contributed by atoms with E-state index >= 15 is 0 Å². The van der Waals surface area contributed by atoms with Crippen molar-refractivity contribution in [3.8, 4) is 5.75 Å². The van der Waals surface area contributed by atoms with Crippen molar-refractivity contribution >= 4 is 5.91 Å². The number of carbonyl (C=O) groups excluding carboxylic acids is 1. The van der Waals surface area contributed by atoms with E-state index in [-0.39, 0.29) is 17.7 Å². The van der Waals surface area contributed by atoms with Crippen LogP contribution in [0, 0.1) is 12.8 Å². The molecule has 2 N–H and O–H groups in total. The molecule has 7 heteroatoms. The van der Waals surface area contributed by atoms with Gasteiger partial charge >= 0.3 is 0 Å². The van der Waals surface area contributed by atoms with Gasteiger partial charge in [-0.3, -0.25) is 4.79 Å². The van der Waals surface area contributed by atoms with Gasteiger partial charge in [0.05, 0.1) is 12.7 Å². The number of benzene rings is 1. The average Bonchev–Trinajstić information content (AvgIpc) is 3.31. The monoisotopic (exact) mass is 343 g/mol. The molecule has 1 aromatic heterocycles. The van der Waals surface area contributed by atoms with Crippen LogP contribution in [0.4, 0.5) is 0 Å². The zero-order valence-electron chi connectivity index (χ0n) is 14.1. The zero-order valence-corrected chi connectivity index (χ0v) is 14.1. The topological polar surface area (TPSA) is 97.5 Å². The molecule has 132 valence electrons. The summed E-state index contributed by atoms with van der Waals surface area (Å²) < 4.78 is 10.7. The average molecular weight is 343 g/mol. The predicted octanol–water partition coefficient (Wildman–Crippen LogP) is 1.60. The maximum atomic E-state index is 12.4. The van der Waals surface area contributed by atoms with Crippen molar-refractivity contribution in [1.82, 2.24) is 15.5 Å². The molecule has 0 saturated heterocycles. The minimum absolute atomic E-state index is 0.0149. The molecule has 0 bridgehead atoms. The number of aryl methyl sites for hydroxylation is 1. The Bertz CT molecular complexity index is 788. The Kier molecular flexibility index (Phi) is 4.17. The number of aromatic nitrogens is 2. The Morgan fingerprint density at radius 3 is 3.08 bits per heavy atom. The highest BCUT2D eigenvalue weighted by molar-refractivity contribution is 5.94. The number of rotatable bonds is 4. The highest BCUT2D eigenvalue weighted by Gasteiger charge is 2.36. The first-order valence-electron chi connectivity index (χ1n) is 8.62. The fraction of sp³-hybridized carbons (Fsp3) is 0.500. The highest BCUT2D eigenvalue weighted by atomic mass is 16.5. The number of hydrogen-bond acceptors (Lipinski definition) is 6. The second-order valence-corrected chi connectivity index (χ2v) is 6.81. The fourth-order valence-corrected chi connectivity index (χ4v) is 3.66. The third-order valence-corrected chi connectivity index (χ3v) is 5.03. The molecular weight excluding hydrogens is 322 g/mol. The smallest absolute Gasteiger partial charge is 0.251 e. The molecule has 7 nitrogen and oxygen atoms in total. The second-order valence-electron chi connectivity index (χ2n) is 6.81. The molecule has 1 aliphatic heterocycles.